The lowest BCUT2D eigenvalue weighted by molar-refractivity contribution is 0.0940. The van der Waals surface area contributed by atoms with E-state index < -0.39 is 0 Å². The molecule has 2 heterocycles. The maximum absolute atomic E-state index is 12.1. The van der Waals surface area contributed by atoms with Crippen LogP contribution >= 0.6 is 11.3 Å². The summed E-state index contributed by atoms with van der Waals surface area (Å²) in [6.45, 7) is 2.04. The molecule has 3 N–H and O–H groups in total. The first-order chi connectivity index (χ1) is 8.09. The molecule has 0 spiro atoms. The molecule has 88 valence electrons. The molecule has 0 unspecified atom stereocenters. The Morgan fingerprint density at radius 1 is 1.59 bits per heavy atom. The topological polar surface area (TPSA) is 80.9 Å². The SMILES string of the molecule is CC1(NC(=O)c2sc3nnccc3c2N)CC1. The van der Waals surface area contributed by atoms with Gasteiger partial charge in [-0.2, -0.15) is 5.10 Å². The average Bonchev–Trinajstić information content (AvgIpc) is 2.92. The molecular formula is C11H12N4OS. The Hall–Kier alpha value is -1.69. The molecule has 6 heteroatoms. The molecule has 1 aliphatic rings. The van der Waals surface area contributed by atoms with Crippen molar-refractivity contribution in [3.63, 3.8) is 0 Å². The van der Waals surface area contributed by atoms with E-state index >= 15 is 0 Å². The van der Waals surface area contributed by atoms with Gasteiger partial charge in [-0.3, -0.25) is 4.79 Å². The van der Waals surface area contributed by atoms with Crippen molar-refractivity contribution in [2.45, 2.75) is 25.3 Å². The van der Waals surface area contributed by atoms with Crippen LogP contribution in [-0.4, -0.2) is 21.6 Å². The van der Waals surface area contributed by atoms with Crippen molar-refractivity contribution in [2.75, 3.05) is 5.73 Å². The molecule has 2 aromatic heterocycles. The van der Waals surface area contributed by atoms with Crippen LogP contribution in [0.2, 0.25) is 0 Å². The summed E-state index contributed by atoms with van der Waals surface area (Å²) >= 11 is 1.29. The zero-order valence-electron chi connectivity index (χ0n) is 9.36. The van der Waals surface area contributed by atoms with Gasteiger partial charge in [-0.05, 0) is 25.8 Å². The summed E-state index contributed by atoms with van der Waals surface area (Å²) in [5.74, 6) is -0.106. The molecule has 1 aliphatic carbocycles. The van der Waals surface area contributed by atoms with Crippen molar-refractivity contribution in [2.24, 2.45) is 0 Å². The molecular weight excluding hydrogens is 236 g/mol. The number of nitrogens with one attached hydrogen (secondary N) is 1. The van der Waals surface area contributed by atoms with Gasteiger partial charge in [-0.1, -0.05) is 0 Å². The molecule has 1 fully saturated rings. The minimum atomic E-state index is -0.106. The van der Waals surface area contributed by atoms with Crippen LogP contribution in [0.4, 0.5) is 5.69 Å². The third-order valence-electron chi connectivity index (χ3n) is 3.04. The summed E-state index contributed by atoms with van der Waals surface area (Å²) in [4.78, 5) is 13.3. The van der Waals surface area contributed by atoms with E-state index in [0.29, 0.717) is 15.4 Å². The number of fused-ring (bicyclic) bond motifs is 1. The first-order valence-electron chi connectivity index (χ1n) is 5.41. The Bertz CT molecular complexity index is 603. The highest BCUT2D eigenvalue weighted by molar-refractivity contribution is 7.21. The third kappa shape index (κ3) is 1.74. The average molecular weight is 248 g/mol. The predicted octanol–water partition coefficient (Wildman–Crippen LogP) is 1.56. The van der Waals surface area contributed by atoms with Gasteiger partial charge in [0.2, 0.25) is 0 Å². The van der Waals surface area contributed by atoms with E-state index in [0.717, 1.165) is 18.2 Å². The number of aromatic nitrogens is 2. The molecule has 0 aromatic carbocycles. The van der Waals surface area contributed by atoms with Crippen molar-refractivity contribution in [3.05, 3.63) is 17.1 Å². The first kappa shape index (κ1) is 10.5. The molecule has 5 nitrogen and oxygen atoms in total. The molecule has 17 heavy (non-hydrogen) atoms. The van der Waals surface area contributed by atoms with Crippen molar-refractivity contribution in [1.29, 1.82) is 0 Å². The van der Waals surface area contributed by atoms with Gasteiger partial charge in [0.15, 0.2) is 0 Å². The fraction of sp³-hybridized carbons (Fsp3) is 0.364. The summed E-state index contributed by atoms with van der Waals surface area (Å²) in [5, 5.41) is 11.5. The number of nitrogen functional groups attached to an aromatic ring is 1. The Morgan fingerprint density at radius 3 is 3.00 bits per heavy atom. The van der Waals surface area contributed by atoms with E-state index in [1.807, 2.05) is 6.92 Å². The van der Waals surface area contributed by atoms with Gasteiger partial charge in [0, 0.05) is 10.9 Å². The highest BCUT2D eigenvalue weighted by atomic mass is 32.1. The Morgan fingerprint density at radius 2 is 2.35 bits per heavy atom. The number of anilines is 1. The smallest absolute Gasteiger partial charge is 0.263 e. The van der Waals surface area contributed by atoms with Crippen LogP contribution < -0.4 is 11.1 Å². The van der Waals surface area contributed by atoms with Crippen LogP contribution in [0.15, 0.2) is 12.3 Å². The number of hydrogen-bond donors (Lipinski definition) is 2. The summed E-state index contributed by atoms with van der Waals surface area (Å²) in [6.07, 6.45) is 3.64. The number of thiophene rings is 1. The fourth-order valence-electron chi connectivity index (χ4n) is 1.69. The number of carbonyl (C=O) groups is 1. The van der Waals surface area contributed by atoms with Crippen LogP contribution in [0.1, 0.15) is 29.4 Å². The standard InChI is InChI=1S/C11H12N4OS/c1-11(3-4-11)14-9(16)8-7(12)6-2-5-13-15-10(6)17-8/h2,5H,3-4,12H2,1H3,(H,14,16). The van der Waals surface area contributed by atoms with Crippen LogP contribution in [0.5, 0.6) is 0 Å². The predicted molar refractivity (Wildman–Crippen MR) is 66.9 cm³/mol. The van der Waals surface area contributed by atoms with Crippen LogP contribution in [0.3, 0.4) is 0 Å². The van der Waals surface area contributed by atoms with E-state index in [2.05, 4.69) is 15.5 Å². The van der Waals surface area contributed by atoms with Gasteiger partial charge < -0.3 is 11.1 Å². The van der Waals surface area contributed by atoms with Crippen LogP contribution in [0.25, 0.3) is 10.2 Å². The van der Waals surface area contributed by atoms with E-state index in [-0.39, 0.29) is 11.4 Å². The third-order valence-corrected chi connectivity index (χ3v) is 4.15. The number of nitrogens with two attached hydrogens (primary N) is 1. The lowest BCUT2D eigenvalue weighted by atomic mass is 10.2. The molecule has 0 aliphatic heterocycles. The van der Waals surface area contributed by atoms with Crippen LogP contribution in [-0.2, 0) is 0 Å². The van der Waals surface area contributed by atoms with E-state index in [1.165, 1.54) is 11.3 Å². The molecule has 0 bridgehead atoms. The zero-order chi connectivity index (χ0) is 12.0. The van der Waals surface area contributed by atoms with Crippen molar-refractivity contribution >= 4 is 33.1 Å². The maximum atomic E-state index is 12.1. The second-order valence-corrected chi connectivity index (χ2v) is 5.61. The molecule has 0 atom stereocenters. The summed E-state index contributed by atoms with van der Waals surface area (Å²) in [7, 11) is 0. The zero-order valence-corrected chi connectivity index (χ0v) is 10.2. The summed E-state index contributed by atoms with van der Waals surface area (Å²) in [6, 6.07) is 1.78. The highest BCUT2D eigenvalue weighted by Gasteiger charge is 2.39. The second-order valence-electron chi connectivity index (χ2n) is 4.61. The van der Waals surface area contributed by atoms with Gasteiger partial charge in [-0.15, -0.1) is 16.4 Å². The van der Waals surface area contributed by atoms with E-state index in [1.54, 1.807) is 12.3 Å². The summed E-state index contributed by atoms with van der Waals surface area (Å²) < 4.78 is 0. The second kappa shape index (κ2) is 3.40. The van der Waals surface area contributed by atoms with Gasteiger partial charge in [0.1, 0.15) is 9.71 Å². The maximum Gasteiger partial charge on any atom is 0.263 e. The van der Waals surface area contributed by atoms with Crippen molar-refractivity contribution < 1.29 is 4.79 Å². The lowest BCUT2D eigenvalue weighted by Crippen LogP contribution is -2.34. The number of amides is 1. The molecule has 1 amide bonds. The number of rotatable bonds is 2. The van der Waals surface area contributed by atoms with Gasteiger partial charge >= 0.3 is 0 Å². The van der Waals surface area contributed by atoms with Gasteiger partial charge in [0.05, 0.1) is 11.9 Å². The normalized spacial score (nSPS) is 17.0. The molecule has 2 aromatic rings. The minimum absolute atomic E-state index is 0.0363. The minimum Gasteiger partial charge on any atom is -0.397 e. The Kier molecular flexibility index (Phi) is 2.09. The molecule has 3 rings (SSSR count). The quantitative estimate of drug-likeness (QED) is 0.845. The number of carbonyl (C=O) groups excluding carboxylic acids is 1. The number of nitrogens with zero attached hydrogens (tertiary/aromatic N) is 2. The number of hydrogen-bond acceptors (Lipinski definition) is 5. The van der Waals surface area contributed by atoms with Crippen molar-refractivity contribution in [3.8, 4) is 0 Å². The Balaban J connectivity index is 1.99. The molecule has 0 radical (unpaired) electrons. The van der Waals surface area contributed by atoms with Gasteiger partial charge in [0.25, 0.3) is 5.91 Å². The molecule has 1 saturated carbocycles. The Labute approximate surface area is 102 Å². The van der Waals surface area contributed by atoms with Gasteiger partial charge in [-0.25, -0.2) is 0 Å². The van der Waals surface area contributed by atoms with Crippen LogP contribution in [0, 0.1) is 0 Å². The highest BCUT2D eigenvalue weighted by Crippen LogP contribution is 2.36. The lowest BCUT2D eigenvalue weighted by Gasteiger charge is -2.10. The first-order valence-corrected chi connectivity index (χ1v) is 6.23. The van der Waals surface area contributed by atoms with E-state index in [4.69, 9.17) is 5.73 Å². The van der Waals surface area contributed by atoms with E-state index in [9.17, 15) is 4.79 Å². The summed E-state index contributed by atoms with van der Waals surface area (Å²) in [5.41, 5.74) is 6.43. The molecule has 0 saturated heterocycles. The van der Waals surface area contributed by atoms with Crippen molar-refractivity contribution in [1.82, 2.24) is 15.5 Å². The fourth-order valence-corrected chi connectivity index (χ4v) is 2.62. The monoisotopic (exact) mass is 248 g/mol. The largest absolute Gasteiger partial charge is 0.397 e.